The average molecular weight is 390 g/mol. The minimum absolute atomic E-state index is 0.133. The number of amides is 1. The molecule has 1 atom stereocenters. The predicted molar refractivity (Wildman–Crippen MR) is 97.9 cm³/mol. The van der Waals surface area contributed by atoms with Crippen molar-refractivity contribution in [1.82, 2.24) is 0 Å². The Morgan fingerprint density at radius 2 is 1.79 bits per heavy atom. The second kappa shape index (κ2) is 8.11. The third-order valence-corrected chi connectivity index (χ3v) is 4.11. The normalized spacial score (nSPS) is 11.7. The molecule has 0 aromatic heterocycles. The van der Waals surface area contributed by atoms with E-state index in [9.17, 15) is 9.59 Å². The van der Waals surface area contributed by atoms with Gasteiger partial charge in [0.15, 0.2) is 6.10 Å². The molecule has 2 aromatic carbocycles. The number of carbonyl (C=O) groups excluding carboxylic acids is 2. The van der Waals surface area contributed by atoms with Crippen LogP contribution in [0.15, 0.2) is 46.9 Å². The molecule has 24 heavy (non-hydrogen) atoms. The Balaban J connectivity index is 1.90. The fourth-order valence-corrected chi connectivity index (χ4v) is 2.51. The summed E-state index contributed by atoms with van der Waals surface area (Å²) in [6, 6.07) is 13.2. The molecule has 0 saturated carbocycles. The molecule has 2 aromatic rings. The van der Waals surface area contributed by atoms with Crippen molar-refractivity contribution in [3.8, 4) is 0 Å². The van der Waals surface area contributed by atoms with Gasteiger partial charge in [-0.2, -0.15) is 0 Å². The van der Waals surface area contributed by atoms with Crippen LogP contribution in [0.3, 0.4) is 0 Å². The van der Waals surface area contributed by atoms with Gasteiger partial charge in [-0.25, -0.2) is 0 Å². The van der Waals surface area contributed by atoms with Crippen LogP contribution in [0.5, 0.6) is 0 Å². The Labute approximate surface area is 150 Å². The number of hydrogen-bond donors (Lipinski definition) is 1. The zero-order chi connectivity index (χ0) is 17.7. The number of halogens is 1. The smallest absolute Gasteiger partial charge is 0.311 e. The van der Waals surface area contributed by atoms with Crippen LogP contribution in [0.1, 0.15) is 23.6 Å². The Morgan fingerprint density at radius 3 is 2.42 bits per heavy atom. The summed E-state index contributed by atoms with van der Waals surface area (Å²) in [7, 11) is 0. The number of anilines is 1. The molecular formula is C19H20BrNO3. The fraction of sp³-hybridized carbons (Fsp3) is 0.263. The van der Waals surface area contributed by atoms with E-state index in [0.717, 1.165) is 26.9 Å². The highest BCUT2D eigenvalue weighted by Gasteiger charge is 2.18. The summed E-state index contributed by atoms with van der Waals surface area (Å²) in [5.41, 5.74) is 3.66. The zero-order valence-corrected chi connectivity index (χ0v) is 15.5. The number of carbonyl (C=O) groups is 2. The van der Waals surface area contributed by atoms with Crippen LogP contribution in [0.2, 0.25) is 0 Å². The lowest BCUT2D eigenvalue weighted by molar-refractivity contribution is -0.152. The summed E-state index contributed by atoms with van der Waals surface area (Å²) in [6.45, 7) is 5.48. The van der Waals surface area contributed by atoms with E-state index in [0.29, 0.717) is 0 Å². The minimum Gasteiger partial charge on any atom is -0.452 e. The van der Waals surface area contributed by atoms with E-state index in [1.54, 1.807) is 6.92 Å². The van der Waals surface area contributed by atoms with Crippen LogP contribution in [-0.2, 0) is 20.7 Å². The lowest BCUT2D eigenvalue weighted by Crippen LogP contribution is -2.30. The van der Waals surface area contributed by atoms with Gasteiger partial charge in [-0.1, -0.05) is 45.8 Å². The van der Waals surface area contributed by atoms with E-state index in [1.165, 1.54) is 0 Å². The molecule has 0 aliphatic rings. The van der Waals surface area contributed by atoms with Crippen molar-refractivity contribution in [2.45, 2.75) is 33.3 Å². The largest absolute Gasteiger partial charge is 0.452 e. The van der Waals surface area contributed by atoms with Gasteiger partial charge in [-0.3, -0.25) is 9.59 Å². The van der Waals surface area contributed by atoms with Gasteiger partial charge in [-0.05, 0) is 50.1 Å². The average Bonchev–Trinajstić information content (AvgIpc) is 2.52. The molecule has 2 rings (SSSR count). The molecule has 0 spiro atoms. The summed E-state index contributed by atoms with van der Waals surface area (Å²) >= 11 is 3.34. The number of aryl methyl sites for hydroxylation is 2. The number of ether oxygens (including phenoxy) is 1. The van der Waals surface area contributed by atoms with Gasteiger partial charge in [0.05, 0.1) is 6.42 Å². The Bertz CT molecular complexity index is 741. The maximum absolute atomic E-state index is 12.2. The zero-order valence-electron chi connectivity index (χ0n) is 13.9. The minimum atomic E-state index is -0.853. The van der Waals surface area contributed by atoms with Crippen molar-refractivity contribution in [2.24, 2.45) is 0 Å². The first-order chi connectivity index (χ1) is 11.3. The van der Waals surface area contributed by atoms with E-state index in [2.05, 4.69) is 21.2 Å². The van der Waals surface area contributed by atoms with Crippen LogP contribution < -0.4 is 5.32 Å². The maximum atomic E-state index is 12.2. The molecule has 0 aliphatic heterocycles. The first kappa shape index (κ1) is 18.2. The molecule has 0 aliphatic carbocycles. The second-order valence-corrected chi connectivity index (χ2v) is 6.66. The summed E-state index contributed by atoms with van der Waals surface area (Å²) in [5.74, 6) is -0.772. The highest BCUT2D eigenvalue weighted by molar-refractivity contribution is 9.10. The van der Waals surface area contributed by atoms with Crippen LogP contribution in [0.25, 0.3) is 0 Å². The number of benzene rings is 2. The fourth-order valence-electron chi connectivity index (χ4n) is 2.25. The molecule has 4 nitrogen and oxygen atoms in total. The quantitative estimate of drug-likeness (QED) is 0.780. The summed E-state index contributed by atoms with van der Waals surface area (Å²) in [5, 5.41) is 2.79. The van der Waals surface area contributed by atoms with Gasteiger partial charge in [0.1, 0.15) is 0 Å². The van der Waals surface area contributed by atoms with Gasteiger partial charge >= 0.3 is 5.97 Å². The van der Waals surface area contributed by atoms with Crippen LogP contribution >= 0.6 is 15.9 Å². The topological polar surface area (TPSA) is 55.4 Å². The summed E-state index contributed by atoms with van der Waals surface area (Å²) < 4.78 is 6.16. The highest BCUT2D eigenvalue weighted by Crippen LogP contribution is 2.17. The molecule has 1 unspecified atom stereocenters. The number of esters is 1. The van der Waals surface area contributed by atoms with E-state index < -0.39 is 12.1 Å². The Hall–Kier alpha value is -2.14. The number of rotatable bonds is 5. The van der Waals surface area contributed by atoms with Gasteiger partial charge in [0.25, 0.3) is 5.91 Å². The molecule has 0 bridgehead atoms. The van der Waals surface area contributed by atoms with E-state index in [4.69, 9.17) is 4.74 Å². The second-order valence-electron chi connectivity index (χ2n) is 5.74. The molecule has 0 heterocycles. The molecule has 0 radical (unpaired) electrons. The first-order valence-electron chi connectivity index (χ1n) is 7.67. The lowest BCUT2D eigenvalue weighted by Gasteiger charge is -2.15. The summed E-state index contributed by atoms with van der Waals surface area (Å²) in [6.07, 6.45) is -0.720. The van der Waals surface area contributed by atoms with Crippen LogP contribution in [0, 0.1) is 13.8 Å². The van der Waals surface area contributed by atoms with Crippen molar-refractivity contribution in [3.63, 3.8) is 0 Å². The number of hydrogen-bond acceptors (Lipinski definition) is 3. The Morgan fingerprint density at radius 1 is 1.12 bits per heavy atom. The maximum Gasteiger partial charge on any atom is 0.311 e. The molecule has 0 fully saturated rings. The predicted octanol–water partition coefficient (Wildman–Crippen LogP) is 4.18. The molecule has 1 amide bonds. The standard InChI is InChI=1S/C19H20BrNO3/c1-12-4-9-17(13(2)10-12)21-19(23)14(3)24-18(22)11-15-5-7-16(20)8-6-15/h4-10,14H,11H2,1-3H3,(H,21,23). The van der Waals surface area contributed by atoms with Crippen molar-refractivity contribution in [1.29, 1.82) is 0 Å². The van der Waals surface area contributed by atoms with Crippen molar-refractivity contribution in [2.75, 3.05) is 5.32 Å². The lowest BCUT2D eigenvalue weighted by atomic mass is 10.1. The monoisotopic (exact) mass is 389 g/mol. The number of nitrogens with one attached hydrogen (secondary N) is 1. The molecule has 0 saturated heterocycles. The molecule has 1 N–H and O–H groups in total. The summed E-state index contributed by atoms with van der Waals surface area (Å²) in [4.78, 5) is 24.1. The van der Waals surface area contributed by atoms with Gasteiger partial charge < -0.3 is 10.1 Å². The van der Waals surface area contributed by atoms with Crippen molar-refractivity contribution in [3.05, 3.63) is 63.6 Å². The molecule has 5 heteroatoms. The van der Waals surface area contributed by atoms with Crippen molar-refractivity contribution < 1.29 is 14.3 Å². The molecular weight excluding hydrogens is 370 g/mol. The SMILES string of the molecule is Cc1ccc(NC(=O)C(C)OC(=O)Cc2ccc(Br)cc2)c(C)c1. The van der Waals surface area contributed by atoms with E-state index in [1.807, 2.05) is 56.3 Å². The van der Waals surface area contributed by atoms with Gasteiger partial charge in [-0.15, -0.1) is 0 Å². The third kappa shape index (κ3) is 5.20. The van der Waals surface area contributed by atoms with Crippen LogP contribution in [0.4, 0.5) is 5.69 Å². The third-order valence-electron chi connectivity index (χ3n) is 3.58. The van der Waals surface area contributed by atoms with Crippen molar-refractivity contribution >= 4 is 33.5 Å². The first-order valence-corrected chi connectivity index (χ1v) is 8.46. The van der Waals surface area contributed by atoms with Gasteiger partial charge in [0.2, 0.25) is 0 Å². The van der Waals surface area contributed by atoms with Crippen LogP contribution in [-0.4, -0.2) is 18.0 Å². The van der Waals surface area contributed by atoms with E-state index >= 15 is 0 Å². The van der Waals surface area contributed by atoms with Gasteiger partial charge in [0, 0.05) is 10.2 Å². The molecule has 126 valence electrons. The Kier molecular flexibility index (Phi) is 6.15. The van der Waals surface area contributed by atoms with E-state index in [-0.39, 0.29) is 12.3 Å². The highest BCUT2D eigenvalue weighted by atomic mass is 79.9.